The van der Waals surface area contributed by atoms with Gasteiger partial charge in [-0.05, 0) is 103 Å². The lowest BCUT2D eigenvalue weighted by Crippen LogP contribution is -2.47. The van der Waals surface area contributed by atoms with Crippen LogP contribution in [0.1, 0.15) is 27.8 Å². The monoisotopic (exact) mass is 860 g/mol. The number of urea groups is 1. The van der Waals surface area contributed by atoms with E-state index in [1.54, 1.807) is 12.1 Å². The minimum Gasteiger partial charge on any atom is -0.368 e. The van der Waals surface area contributed by atoms with Crippen LogP contribution in [0.2, 0.25) is 0 Å². The van der Waals surface area contributed by atoms with Gasteiger partial charge in [-0.1, -0.05) is 102 Å². The maximum atomic E-state index is 14.3. The zero-order valence-corrected chi connectivity index (χ0v) is 36.6. The molecule has 2 aliphatic heterocycles. The van der Waals surface area contributed by atoms with E-state index in [4.69, 9.17) is 0 Å². The van der Waals surface area contributed by atoms with Crippen LogP contribution < -0.4 is 20.0 Å². The molecule has 2 heterocycles. The fourth-order valence-corrected chi connectivity index (χ4v) is 9.36. The van der Waals surface area contributed by atoms with E-state index >= 15 is 0 Å². The third-order valence-corrected chi connectivity index (χ3v) is 12.9. The number of halogens is 3. The minimum absolute atomic E-state index is 0.137. The number of hydrogen-bond donors (Lipinski definition) is 1. The maximum Gasteiger partial charge on any atom is 0.416 e. The molecule has 2 aliphatic rings. The molecule has 2 saturated heterocycles. The van der Waals surface area contributed by atoms with Gasteiger partial charge >= 0.3 is 12.2 Å². The molecular formula is C54H55F3N6O. The lowest BCUT2D eigenvalue weighted by atomic mass is 10.0. The SMILES string of the molecule is Cc1ccc2c(N3CCN(CCc4cccc(NC(=O)N(c5cccc(CCN6CCN(c7cccc8cc(C)ccc78)CC6)c5)c5cccc(C(F)(F)F)c5)c4)CC3)cccc2c1. The second kappa shape index (κ2) is 18.8. The highest BCUT2D eigenvalue weighted by Gasteiger charge is 2.32. The van der Waals surface area contributed by atoms with Gasteiger partial charge in [0.25, 0.3) is 0 Å². The largest absolute Gasteiger partial charge is 0.416 e. The number of alkyl halides is 3. The predicted octanol–water partition coefficient (Wildman–Crippen LogP) is 11.7. The number of anilines is 5. The number of hydrogen-bond acceptors (Lipinski definition) is 5. The first-order valence-electron chi connectivity index (χ1n) is 22.4. The van der Waals surface area contributed by atoms with Gasteiger partial charge < -0.3 is 15.1 Å². The summed E-state index contributed by atoms with van der Waals surface area (Å²) < 4.78 is 42.0. The molecule has 9 rings (SSSR count). The maximum absolute atomic E-state index is 14.3. The number of benzene rings is 7. The Morgan fingerprint density at radius 1 is 0.547 bits per heavy atom. The van der Waals surface area contributed by atoms with Gasteiger partial charge in [0.05, 0.1) is 16.9 Å². The fourth-order valence-electron chi connectivity index (χ4n) is 9.36. The van der Waals surface area contributed by atoms with Gasteiger partial charge in [0.2, 0.25) is 0 Å². The highest BCUT2D eigenvalue weighted by molar-refractivity contribution is 6.07. The summed E-state index contributed by atoms with van der Waals surface area (Å²) in [4.78, 5) is 25.5. The zero-order chi connectivity index (χ0) is 44.2. The van der Waals surface area contributed by atoms with E-state index in [1.165, 1.54) is 55.0 Å². The Kier molecular flexibility index (Phi) is 12.6. The summed E-state index contributed by atoms with van der Waals surface area (Å²) in [6.07, 6.45) is -3.03. The van der Waals surface area contributed by atoms with Crippen LogP contribution in [0.15, 0.2) is 146 Å². The summed E-state index contributed by atoms with van der Waals surface area (Å²) in [5, 5.41) is 8.10. The number of carbonyl (C=O) groups excluding carboxylic acids is 1. The van der Waals surface area contributed by atoms with Crippen molar-refractivity contribution in [2.24, 2.45) is 0 Å². The van der Waals surface area contributed by atoms with Crippen molar-refractivity contribution < 1.29 is 18.0 Å². The average Bonchev–Trinajstić information content (AvgIpc) is 3.30. The summed E-state index contributed by atoms with van der Waals surface area (Å²) >= 11 is 0. The van der Waals surface area contributed by atoms with Gasteiger partial charge in [0.1, 0.15) is 0 Å². The lowest BCUT2D eigenvalue weighted by molar-refractivity contribution is -0.137. The molecular weight excluding hydrogens is 806 g/mol. The smallest absolute Gasteiger partial charge is 0.368 e. The molecule has 64 heavy (non-hydrogen) atoms. The number of rotatable bonds is 11. The van der Waals surface area contributed by atoms with Crippen molar-refractivity contribution in [3.8, 4) is 0 Å². The summed E-state index contributed by atoms with van der Waals surface area (Å²) in [6.45, 7) is 13.4. The Morgan fingerprint density at radius 2 is 1.03 bits per heavy atom. The molecule has 7 aromatic rings. The van der Waals surface area contributed by atoms with Crippen LogP contribution in [0.4, 0.5) is 46.4 Å². The molecule has 0 unspecified atom stereocenters. The second-order valence-corrected chi connectivity index (χ2v) is 17.3. The first-order valence-corrected chi connectivity index (χ1v) is 22.4. The lowest BCUT2D eigenvalue weighted by Gasteiger charge is -2.36. The van der Waals surface area contributed by atoms with Crippen molar-refractivity contribution >= 4 is 56.0 Å². The van der Waals surface area contributed by atoms with E-state index < -0.39 is 17.8 Å². The van der Waals surface area contributed by atoms with Gasteiger partial charge in [-0.3, -0.25) is 14.7 Å². The third-order valence-electron chi connectivity index (χ3n) is 12.9. The quantitative estimate of drug-likeness (QED) is 0.140. The van der Waals surface area contributed by atoms with Gasteiger partial charge in [-0.25, -0.2) is 4.79 Å². The highest BCUT2D eigenvalue weighted by atomic mass is 19.4. The fraction of sp³-hybridized carbons (Fsp3) is 0.278. The minimum atomic E-state index is -4.56. The molecule has 0 aromatic heterocycles. The molecule has 0 radical (unpaired) electrons. The number of piperazine rings is 2. The van der Waals surface area contributed by atoms with Crippen molar-refractivity contribution in [3.63, 3.8) is 0 Å². The van der Waals surface area contributed by atoms with Crippen molar-refractivity contribution in [1.82, 2.24) is 9.80 Å². The summed E-state index contributed by atoms with van der Waals surface area (Å²) in [5.74, 6) is 0. The molecule has 7 nitrogen and oxygen atoms in total. The highest BCUT2D eigenvalue weighted by Crippen LogP contribution is 2.35. The second-order valence-electron chi connectivity index (χ2n) is 17.3. The van der Waals surface area contributed by atoms with Gasteiger partial charge in [-0.15, -0.1) is 0 Å². The van der Waals surface area contributed by atoms with Gasteiger partial charge in [-0.2, -0.15) is 13.2 Å². The number of aryl methyl sites for hydroxylation is 2. The number of nitrogens with zero attached hydrogens (tertiary/aromatic N) is 5. The van der Waals surface area contributed by atoms with E-state index in [1.807, 2.05) is 36.4 Å². The van der Waals surface area contributed by atoms with E-state index in [0.29, 0.717) is 11.4 Å². The predicted molar refractivity (Wildman–Crippen MR) is 258 cm³/mol. The molecule has 7 aromatic carbocycles. The number of fused-ring (bicyclic) bond motifs is 2. The molecule has 2 amide bonds. The van der Waals surface area contributed by atoms with Gasteiger partial charge in [0.15, 0.2) is 0 Å². The van der Waals surface area contributed by atoms with Crippen LogP contribution in [0.25, 0.3) is 21.5 Å². The normalized spacial score (nSPS) is 15.2. The zero-order valence-electron chi connectivity index (χ0n) is 36.6. The van der Waals surface area contributed by atoms with Crippen molar-refractivity contribution in [2.45, 2.75) is 32.9 Å². The Morgan fingerprint density at radius 3 is 1.58 bits per heavy atom. The molecule has 0 aliphatic carbocycles. The molecule has 2 fully saturated rings. The van der Waals surface area contributed by atoms with Crippen LogP contribution in [0, 0.1) is 13.8 Å². The first-order chi connectivity index (χ1) is 31.0. The molecule has 0 spiro atoms. The Balaban J connectivity index is 0.845. The van der Waals surface area contributed by atoms with Crippen LogP contribution >= 0.6 is 0 Å². The van der Waals surface area contributed by atoms with Crippen LogP contribution in [0.3, 0.4) is 0 Å². The Labute approximate surface area is 374 Å². The van der Waals surface area contributed by atoms with E-state index in [-0.39, 0.29) is 5.69 Å². The number of amides is 2. The molecule has 10 heteroatoms. The van der Waals surface area contributed by atoms with Gasteiger partial charge in [0, 0.05) is 93.3 Å². The average molecular weight is 861 g/mol. The third kappa shape index (κ3) is 9.88. The topological polar surface area (TPSA) is 45.3 Å². The summed E-state index contributed by atoms with van der Waals surface area (Å²) in [6, 6.07) is 46.1. The number of carbonyl (C=O) groups is 1. The molecule has 0 saturated carbocycles. The molecule has 1 N–H and O–H groups in total. The first kappa shape index (κ1) is 42.9. The van der Waals surface area contributed by atoms with Crippen molar-refractivity contribution in [1.29, 1.82) is 0 Å². The van der Waals surface area contributed by atoms with Crippen LogP contribution in [-0.2, 0) is 19.0 Å². The van der Waals surface area contributed by atoms with Crippen LogP contribution in [0.5, 0.6) is 0 Å². The van der Waals surface area contributed by atoms with Crippen molar-refractivity contribution in [3.05, 3.63) is 173 Å². The van der Waals surface area contributed by atoms with E-state index in [9.17, 15) is 18.0 Å². The molecule has 328 valence electrons. The number of nitrogens with one attached hydrogen (secondary N) is 1. The summed E-state index contributed by atoms with van der Waals surface area (Å²) in [7, 11) is 0. The Hall–Kier alpha value is -6.36. The molecule has 0 bridgehead atoms. The summed E-state index contributed by atoms with van der Waals surface area (Å²) in [5.41, 5.74) is 7.55. The van der Waals surface area contributed by atoms with Crippen molar-refractivity contribution in [2.75, 3.05) is 85.5 Å². The van der Waals surface area contributed by atoms with Crippen LogP contribution in [-0.4, -0.2) is 81.3 Å². The Bertz CT molecular complexity index is 2760. The molecule has 0 atom stereocenters. The van der Waals surface area contributed by atoms with E-state index in [2.05, 4.69) is 118 Å². The van der Waals surface area contributed by atoms with E-state index in [0.717, 1.165) is 102 Å². The standard InChI is InChI=1S/C54H55F3N6O/c1-39-18-20-49-43(34-39)10-5-16-51(49)61-30-26-59(27-31-61)24-22-41-8-3-13-46(36-41)58-53(64)63(48-15-7-12-45(38-48)54(55,56)57)47-14-4-9-42(37-47)23-25-60-28-32-62(33-29-60)52-17-6-11-44-35-40(2)19-21-50(44)52/h3-21,34-38H,22-33H2,1-2H3,(H,58,64).